The lowest BCUT2D eigenvalue weighted by Gasteiger charge is -2.34. The van der Waals surface area contributed by atoms with Gasteiger partial charge in [-0.25, -0.2) is 9.97 Å². The zero-order valence-electron chi connectivity index (χ0n) is 15.9. The standard InChI is InChI=1S/C23H21N3O2/c1-26-13-19(15-4-7-21-16(12-15)8-11-28-21)17-5-6-18(22(27-2)20(17)14-26)23-24-9-3-10-25-23/h3-12,19H,13-14H2,1-2H3. The van der Waals surface area contributed by atoms with Crippen molar-refractivity contribution in [1.29, 1.82) is 0 Å². The fourth-order valence-corrected chi connectivity index (χ4v) is 4.21. The van der Waals surface area contributed by atoms with Crippen LogP contribution in [0.3, 0.4) is 0 Å². The summed E-state index contributed by atoms with van der Waals surface area (Å²) in [6.45, 7) is 1.80. The molecule has 0 fully saturated rings. The van der Waals surface area contributed by atoms with Crippen LogP contribution in [0.15, 0.2) is 65.5 Å². The van der Waals surface area contributed by atoms with Crippen LogP contribution in [0.25, 0.3) is 22.4 Å². The Kier molecular flexibility index (Phi) is 4.10. The fourth-order valence-electron chi connectivity index (χ4n) is 4.21. The van der Waals surface area contributed by atoms with Crippen LogP contribution >= 0.6 is 0 Å². The summed E-state index contributed by atoms with van der Waals surface area (Å²) in [5.41, 5.74) is 5.65. The van der Waals surface area contributed by atoms with E-state index in [1.54, 1.807) is 25.8 Å². The summed E-state index contributed by atoms with van der Waals surface area (Å²) >= 11 is 0. The van der Waals surface area contributed by atoms with Gasteiger partial charge in [0.25, 0.3) is 0 Å². The first-order valence-electron chi connectivity index (χ1n) is 9.37. The number of hydrogen-bond donors (Lipinski definition) is 0. The Morgan fingerprint density at radius 3 is 2.79 bits per heavy atom. The number of methoxy groups -OCH3 is 1. The highest BCUT2D eigenvalue weighted by Crippen LogP contribution is 2.42. The molecule has 28 heavy (non-hydrogen) atoms. The molecule has 1 aliphatic rings. The smallest absolute Gasteiger partial charge is 0.162 e. The van der Waals surface area contributed by atoms with E-state index in [9.17, 15) is 0 Å². The zero-order chi connectivity index (χ0) is 19.1. The molecule has 0 spiro atoms. The molecule has 1 atom stereocenters. The molecule has 0 saturated carbocycles. The number of ether oxygens (including phenoxy) is 1. The average Bonchev–Trinajstić information content (AvgIpc) is 3.20. The number of nitrogens with zero attached hydrogens (tertiary/aromatic N) is 3. The Bertz CT molecular complexity index is 1140. The van der Waals surface area contributed by atoms with Crippen molar-refractivity contribution in [3.05, 3.63) is 77.8 Å². The average molecular weight is 371 g/mol. The second kappa shape index (κ2) is 6.77. The van der Waals surface area contributed by atoms with Gasteiger partial charge >= 0.3 is 0 Å². The van der Waals surface area contributed by atoms with E-state index in [0.717, 1.165) is 35.4 Å². The van der Waals surface area contributed by atoms with Crippen molar-refractivity contribution < 1.29 is 9.15 Å². The van der Waals surface area contributed by atoms with Gasteiger partial charge in [-0.3, -0.25) is 0 Å². The van der Waals surface area contributed by atoms with Crippen LogP contribution < -0.4 is 4.74 Å². The lowest BCUT2D eigenvalue weighted by molar-refractivity contribution is 0.286. The number of likely N-dealkylation sites (N-methyl/N-ethyl adjacent to an activating group) is 1. The maximum absolute atomic E-state index is 5.87. The summed E-state index contributed by atoms with van der Waals surface area (Å²) in [6.07, 6.45) is 5.26. The van der Waals surface area contributed by atoms with Crippen molar-refractivity contribution in [2.45, 2.75) is 12.5 Å². The first kappa shape index (κ1) is 17.0. The molecule has 5 rings (SSSR count). The van der Waals surface area contributed by atoms with E-state index in [-0.39, 0.29) is 5.92 Å². The predicted molar refractivity (Wildman–Crippen MR) is 108 cm³/mol. The van der Waals surface area contributed by atoms with Gasteiger partial charge in [0, 0.05) is 42.4 Å². The van der Waals surface area contributed by atoms with E-state index in [4.69, 9.17) is 9.15 Å². The number of furan rings is 1. The van der Waals surface area contributed by atoms with Crippen LogP contribution in [0.4, 0.5) is 0 Å². The number of rotatable bonds is 3. The van der Waals surface area contributed by atoms with Crippen molar-refractivity contribution in [2.24, 2.45) is 0 Å². The predicted octanol–water partition coefficient (Wildman–Crippen LogP) is 4.48. The maximum atomic E-state index is 5.87. The molecule has 2 aromatic carbocycles. The maximum Gasteiger partial charge on any atom is 0.162 e. The van der Waals surface area contributed by atoms with Crippen molar-refractivity contribution in [3.63, 3.8) is 0 Å². The largest absolute Gasteiger partial charge is 0.496 e. The highest BCUT2D eigenvalue weighted by Gasteiger charge is 2.29. The Labute approximate surface area is 163 Å². The summed E-state index contributed by atoms with van der Waals surface area (Å²) in [4.78, 5) is 11.2. The topological polar surface area (TPSA) is 51.4 Å². The molecule has 0 saturated heterocycles. The van der Waals surface area contributed by atoms with Gasteiger partial charge in [0.05, 0.1) is 18.9 Å². The molecule has 3 heterocycles. The normalized spacial score (nSPS) is 16.9. The van der Waals surface area contributed by atoms with E-state index in [1.165, 1.54) is 16.7 Å². The van der Waals surface area contributed by atoms with Crippen LogP contribution in [-0.2, 0) is 6.54 Å². The minimum atomic E-state index is 0.271. The van der Waals surface area contributed by atoms with Crippen molar-refractivity contribution >= 4 is 11.0 Å². The number of hydrogen-bond acceptors (Lipinski definition) is 5. The van der Waals surface area contributed by atoms with Gasteiger partial charge < -0.3 is 14.1 Å². The SMILES string of the molecule is COc1c(-c2ncccn2)ccc2c1CN(C)CC2c1ccc2occc2c1. The summed E-state index contributed by atoms with van der Waals surface area (Å²) < 4.78 is 11.4. The molecule has 5 nitrogen and oxygen atoms in total. The van der Waals surface area contributed by atoms with E-state index in [0.29, 0.717) is 5.82 Å². The zero-order valence-corrected chi connectivity index (χ0v) is 15.9. The minimum Gasteiger partial charge on any atom is -0.496 e. The molecule has 0 N–H and O–H groups in total. The summed E-state index contributed by atoms with van der Waals surface area (Å²) in [6, 6.07) is 14.6. The summed E-state index contributed by atoms with van der Waals surface area (Å²) in [7, 11) is 3.88. The third kappa shape index (κ3) is 2.75. The van der Waals surface area contributed by atoms with Crippen LogP contribution in [0.1, 0.15) is 22.6 Å². The monoisotopic (exact) mass is 371 g/mol. The second-order valence-electron chi connectivity index (χ2n) is 7.25. The number of aromatic nitrogens is 2. The Morgan fingerprint density at radius 2 is 1.96 bits per heavy atom. The van der Waals surface area contributed by atoms with Crippen LogP contribution in [-0.4, -0.2) is 35.6 Å². The number of benzene rings is 2. The fraction of sp³-hybridized carbons (Fsp3) is 0.217. The summed E-state index contributed by atoms with van der Waals surface area (Å²) in [5, 5.41) is 1.13. The van der Waals surface area contributed by atoms with E-state index >= 15 is 0 Å². The first-order chi connectivity index (χ1) is 13.7. The highest BCUT2D eigenvalue weighted by molar-refractivity contribution is 5.78. The lowest BCUT2D eigenvalue weighted by Crippen LogP contribution is -2.31. The van der Waals surface area contributed by atoms with E-state index in [2.05, 4.69) is 52.2 Å². The van der Waals surface area contributed by atoms with Crippen LogP contribution in [0, 0.1) is 0 Å². The van der Waals surface area contributed by atoms with Gasteiger partial charge in [0.2, 0.25) is 0 Å². The molecule has 140 valence electrons. The minimum absolute atomic E-state index is 0.271. The molecule has 2 aromatic heterocycles. The molecule has 0 bridgehead atoms. The Morgan fingerprint density at radius 1 is 1.11 bits per heavy atom. The van der Waals surface area contributed by atoms with Crippen molar-refractivity contribution in [2.75, 3.05) is 20.7 Å². The quantitative estimate of drug-likeness (QED) is 0.532. The van der Waals surface area contributed by atoms with Gasteiger partial charge in [0.1, 0.15) is 11.3 Å². The number of fused-ring (bicyclic) bond motifs is 2. The van der Waals surface area contributed by atoms with Crippen LogP contribution in [0.5, 0.6) is 5.75 Å². The van der Waals surface area contributed by atoms with Crippen molar-refractivity contribution in [3.8, 4) is 17.1 Å². The molecular formula is C23H21N3O2. The van der Waals surface area contributed by atoms with Crippen molar-refractivity contribution in [1.82, 2.24) is 14.9 Å². The lowest BCUT2D eigenvalue weighted by atomic mass is 9.83. The van der Waals surface area contributed by atoms with Gasteiger partial charge in [-0.05, 0) is 48.5 Å². The summed E-state index contributed by atoms with van der Waals surface area (Å²) in [5.74, 6) is 1.82. The van der Waals surface area contributed by atoms with Crippen LogP contribution in [0.2, 0.25) is 0 Å². The van der Waals surface area contributed by atoms with E-state index in [1.807, 2.05) is 12.1 Å². The molecule has 0 aliphatic carbocycles. The van der Waals surface area contributed by atoms with E-state index < -0.39 is 0 Å². The molecule has 1 unspecified atom stereocenters. The third-order valence-electron chi connectivity index (χ3n) is 5.48. The molecule has 0 radical (unpaired) electrons. The molecule has 0 amide bonds. The Hall–Kier alpha value is -3.18. The molecule has 5 heteroatoms. The molecule has 4 aromatic rings. The first-order valence-corrected chi connectivity index (χ1v) is 9.37. The van der Waals surface area contributed by atoms with Gasteiger partial charge in [0.15, 0.2) is 5.82 Å². The van der Waals surface area contributed by atoms with Gasteiger partial charge in [-0.2, -0.15) is 0 Å². The molecular weight excluding hydrogens is 350 g/mol. The van der Waals surface area contributed by atoms with Gasteiger partial charge in [-0.15, -0.1) is 0 Å². The highest BCUT2D eigenvalue weighted by atomic mass is 16.5. The Balaban J connectivity index is 1.66. The third-order valence-corrected chi connectivity index (χ3v) is 5.48. The van der Waals surface area contributed by atoms with Gasteiger partial charge in [-0.1, -0.05) is 12.1 Å². The second-order valence-corrected chi connectivity index (χ2v) is 7.25. The molecule has 1 aliphatic heterocycles.